The number of carbonyl (C=O) groups is 2. The van der Waals surface area contributed by atoms with E-state index in [2.05, 4.69) is 0 Å². The van der Waals surface area contributed by atoms with Crippen LogP contribution >= 0.6 is 0 Å². The van der Waals surface area contributed by atoms with Gasteiger partial charge in [-0.25, -0.2) is 4.39 Å². The standard InChI is InChI=1S/C34H45F4N3O3/c1-21-24(13-10-14-26(21)35)28-25(30(43)22-11-9-12-23(42)19-22)20-41(18-15-27(39(5)6)33(2,3)4)31(34(36,37)38)29(28)32(44)40-16-7-8-17-40/h9-14,19,25,27-29,31,42H,7-8,15-18,20H2,1-6H3/t25-,27?,28+,29-,31-/m0/s1. The zero-order valence-corrected chi connectivity index (χ0v) is 26.5. The van der Waals surface area contributed by atoms with E-state index in [0.717, 1.165) is 0 Å². The van der Waals surface area contributed by atoms with Gasteiger partial charge in [0.1, 0.15) is 17.6 Å². The lowest BCUT2D eigenvalue weighted by atomic mass is 9.66. The minimum Gasteiger partial charge on any atom is -0.508 e. The van der Waals surface area contributed by atoms with E-state index in [4.69, 9.17) is 0 Å². The molecule has 0 aliphatic carbocycles. The number of aromatic hydroxyl groups is 1. The summed E-state index contributed by atoms with van der Waals surface area (Å²) < 4.78 is 61.1. The Hall–Kier alpha value is -2.98. The minimum absolute atomic E-state index is 0.00669. The fraction of sp³-hybridized carbons (Fsp3) is 0.588. The van der Waals surface area contributed by atoms with Gasteiger partial charge in [-0.15, -0.1) is 0 Å². The molecule has 6 nitrogen and oxygen atoms in total. The maximum atomic E-state index is 15.4. The number of halogens is 4. The van der Waals surface area contributed by atoms with Gasteiger partial charge in [-0.2, -0.15) is 13.2 Å². The lowest BCUT2D eigenvalue weighted by Crippen LogP contribution is -2.64. The number of alkyl halides is 3. The van der Waals surface area contributed by atoms with E-state index in [9.17, 15) is 14.7 Å². The molecule has 1 amide bonds. The molecule has 0 aromatic heterocycles. The number of nitrogens with zero attached hydrogens (tertiary/aromatic N) is 3. The molecule has 1 N–H and O–H groups in total. The van der Waals surface area contributed by atoms with Crippen molar-refractivity contribution in [3.05, 3.63) is 65.0 Å². The van der Waals surface area contributed by atoms with Crippen molar-refractivity contribution in [1.82, 2.24) is 14.7 Å². The smallest absolute Gasteiger partial charge is 0.404 e. The molecule has 242 valence electrons. The molecule has 0 saturated carbocycles. The molecule has 2 saturated heterocycles. The summed E-state index contributed by atoms with van der Waals surface area (Å²) in [5.74, 6) is -5.90. The van der Waals surface area contributed by atoms with Crippen LogP contribution in [0, 0.1) is 30.0 Å². The Labute approximate surface area is 258 Å². The summed E-state index contributed by atoms with van der Waals surface area (Å²) >= 11 is 0. The SMILES string of the molecule is Cc1c(F)cccc1[C@H]1[C@H](C(=O)N2CCCC2)[C@@H](C(F)(F)F)N(CCC(N(C)C)C(C)(C)C)C[C@@H]1C(=O)c1cccc(O)c1. The molecule has 1 unspecified atom stereocenters. The second-order valence-corrected chi connectivity index (χ2v) is 13.7. The summed E-state index contributed by atoms with van der Waals surface area (Å²) in [5, 5.41) is 10.2. The zero-order valence-electron chi connectivity index (χ0n) is 26.5. The Bertz CT molecular complexity index is 1330. The Morgan fingerprint density at radius 3 is 2.25 bits per heavy atom. The predicted octanol–water partition coefficient (Wildman–Crippen LogP) is 6.27. The number of hydrogen-bond donors (Lipinski definition) is 1. The third-order valence-corrected chi connectivity index (χ3v) is 9.47. The topological polar surface area (TPSA) is 64.1 Å². The van der Waals surface area contributed by atoms with Crippen LogP contribution in [0.15, 0.2) is 42.5 Å². The number of phenolic OH excluding ortho intramolecular Hbond substituents is 1. The van der Waals surface area contributed by atoms with Crippen molar-refractivity contribution in [2.24, 2.45) is 17.3 Å². The van der Waals surface area contributed by atoms with Crippen LogP contribution in [-0.4, -0.2) is 90.0 Å². The van der Waals surface area contributed by atoms with Gasteiger partial charge in [-0.1, -0.05) is 45.0 Å². The molecule has 10 heteroatoms. The summed E-state index contributed by atoms with van der Waals surface area (Å²) in [6.45, 7) is 8.00. The highest BCUT2D eigenvalue weighted by atomic mass is 19.4. The van der Waals surface area contributed by atoms with Gasteiger partial charge < -0.3 is 14.9 Å². The third kappa shape index (κ3) is 7.12. The second-order valence-electron chi connectivity index (χ2n) is 13.7. The summed E-state index contributed by atoms with van der Waals surface area (Å²) in [6, 6.07) is 7.66. The van der Waals surface area contributed by atoms with E-state index >= 15 is 17.6 Å². The molecule has 2 fully saturated rings. The van der Waals surface area contributed by atoms with Crippen LogP contribution in [0.5, 0.6) is 5.75 Å². The molecule has 2 aliphatic heterocycles. The van der Waals surface area contributed by atoms with Crippen molar-refractivity contribution < 1.29 is 32.3 Å². The van der Waals surface area contributed by atoms with Crippen molar-refractivity contribution in [3.8, 4) is 5.75 Å². The monoisotopic (exact) mass is 619 g/mol. The zero-order chi connectivity index (χ0) is 32.6. The molecule has 2 aromatic rings. The Balaban J connectivity index is 1.92. The Morgan fingerprint density at radius 1 is 1.05 bits per heavy atom. The van der Waals surface area contributed by atoms with Crippen molar-refractivity contribution in [3.63, 3.8) is 0 Å². The van der Waals surface area contributed by atoms with Crippen LogP contribution in [0.1, 0.15) is 67.4 Å². The maximum Gasteiger partial charge on any atom is 0.404 e. The van der Waals surface area contributed by atoms with Gasteiger partial charge in [0.05, 0.1) is 5.92 Å². The molecule has 2 heterocycles. The molecule has 0 bridgehead atoms. The quantitative estimate of drug-likeness (QED) is 0.279. The van der Waals surface area contributed by atoms with Crippen LogP contribution in [-0.2, 0) is 4.79 Å². The number of hydrogen-bond acceptors (Lipinski definition) is 5. The highest BCUT2D eigenvalue weighted by Crippen LogP contribution is 2.49. The molecular weight excluding hydrogens is 574 g/mol. The first-order valence-corrected chi connectivity index (χ1v) is 15.4. The van der Waals surface area contributed by atoms with Crippen molar-refractivity contribution in [2.45, 2.75) is 71.1 Å². The lowest BCUT2D eigenvalue weighted by Gasteiger charge is -2.50. The number of piperidine rings is 1. The van der Waals surface area contributed by atoms with E-state index in [-0.39, 0.29) is 47.0 Å². The highest BCUT2D eigenvalue weighted by molar-refractivity contribution is 5.99. The number of Topliss-reactive ketones (excluding diaryl/α,β-unsaturated/α-hetero) is 1. The van der Waals surface area contributed by atoms with Gasteiger partial charge in [0, 0.05) is 49.6 Å². The van der Waals surface area contributed by atoms with Crippen LogP contribution in [0.3, 0.4) is 0 Å². The Kier molecular flexibility index (Phi) is 10.1. The van der Waals surface area contributed by atoms with Crippen molar-refractivity contribution in [2.75, 3.05) is 40.3 Å². The largest absolute Gasteiger partial charge is 0.508 e. The van der Waals surface area contributed by atoms with Crippen molar-refractivity contribution in [1.29, 1.82) is 0 Å². The van der Waals surface area contributed by atoms with E-state index in [1.54, 1.807) is 6.07 Å². The van der Waals surface area contributed by atoms with E-state index in [1.165, 1.54) is 53.1 Å². The lowest BCUT2D eigenvalue weighted by molar-refractivity contribution is -0.215. The highest BCUT2D eigenvalue weighted by Gasteiger charge is 2.60. The van der Waals surface area contributed by atoms with Gasteiger partial charge in [-0.05, 0) is 75.0 Å². The first-order chi connectivity index (χ1) is 20.5. The van der Waals surface area contributed by atoms with Gasteiger partial charge in [0.15, 0.2) is 5.78 Å². The number of phenols is 1. The molecule has 5 atom stereocenters. The summed E-state index contributed by atoms with van der Waals surface area (Å²) in [6.07, 6.45) is -3.05. The van der Waals surface area contributed by atoms with Gasteiger partial charge in [0.2, 0.25) is 5.91 Å². The number of ketones is 1. The number of carbonyl (C=O) groups excluding carboxylic acids is 2. The summed E-state index contributed by atoms with van der Waals surface area (Å²) in [5.41, 5.74) is 0.249. The second kappa shape index (κ2) is 13.2. The molecule has 0 spiro atoms. The number of amides is 1. The van der Waals surface area contributed by atoms with Gasteiger partial charge in [-0.3, -0.25) is 14.5 Å². The molecule has 0 radical (unpaired) electrons. The van der Waals surface area contributed by atoms with Crippen LogP contribution < -0.4 is 0 Å². The first-order valence-electron chi connectivity index (χ1n) is 15.4. The number of benzene rings is 2. The third-order valence-electron chi connectivity index (χ3n) is 9.47. The number of rotatable bonds is 8. The van der Waals surface area contributed by atoms with Crippen molar-refractivity contribution >= 4 is 11.7 Å². The van der Waals surface area contributed by atoms with Gasteiger partial charge >= 0.3 is 6.18 Å². The van der Waals surface area contributed by atoms with E-state index < -0.39 is 47.5 Å². The van der Waals surface area contributed by atoms with E-state index in [1.807, 2.05) is 39.8 Å². The fourth-order valence-electron chi connectivity index (χ4n) is 7.50. The Morgan fingerprint density at radius 2 is 1.68 bits per heavy atom. The van der Waals surface area contributed by atoms with Crippen LogP contribution in [0.4, 0.5) is 17.6 Å². The normalized spacial score (nSPS) is 24.1. The van der Waals surface area contributed by atoms with E-state index in [0.29, 0.717) is 32.4 Å². The average molecular weight is 620 g/mol. The predicted molar refractivity (Wildman–Crippen MR) is 162 cm³/mol. The molecular formula is C34H45F4N3O3. The van der Waals surface area contributed by atoms with Crippen LogP contribution in [0.2, 0.25) is 0 Å². The first kappa shape index (κ1) is 33.9. The molecule has 2 aliphatic rings. The summed E-state index contributed by atoms with van der Waals surface area (Å²) in [4.78, 5) is 33.3. The molecule has 2 aromatic carbocycles. The number of likely N-dealkylation sites (tertiary alicyclic amines) is 2. The fourth-order valence-corrected chi connectivity index (χ4v) is 7.50. The summed E-state index contributed by atoms with van der Waals surface area (Å²) in [7, 11) is 3.79. The molecule has 44 heavy (non-hydrogen) atoms. The van der Waals surface area contributed by atoms with Crippen LogP contribution in [0.25, 0.3) is 0 Å². The maximum absolute atomic E-state index is 15.4. The average Bonchev–Trinajstić information content (AvgIpc) is 3.47. The molecule has 4 rings (SSSR count). The minimum atomic E-state index is -4.80. The van der Waals surface area contributed by atoms with Gasteiger partial charge in [0.25, 0.3) is 0 Å².